The van der Waals surface area contributed by atoms with E-state index in [1.54, 1.807) is 47.6 Å². The number of fused-ring (bicyclic) bond motifs is 1. The quantitative estimate of drug-likeness (QED) is 0.346. The summed E-state index contributed by atoms with van der Waals surface area (Å²) in [5.74, 6) is -0.505. The number of nitrogens with zero attached hydrogens (tertiary/aromatic N) is 2. The van der Waals surface area contributed by atoms with Gasteiger partial charge in [0.1, 0.15) is 29.4 Å². The minimum absolute atomic E-state index is 0.0201. The van der Waals surface area contributed by atoms with Crippen LogP contribution in [0, 0.1) is 5.82 Å². The molecule has 11 heteroatoms. The number of amides is 2. The van der Waals surface area contributed by atoms with Crippen LogP contribution in [0.1, 0.15) is 47.1 Å². The Labute approximate surface area is 211 Å². The molecule has 2 amide bonds. The maximum absolute atomic E-state index is 13.7. The van der Waals surface area contributed by atoms with Crippen LogP contribution in [0.5, 0.6) is 5.75 Å². The summed E-state index contributed by atoms with van der Waals surface area (Å²) in [5.41, 5.74) is -1.05. The molecule has 2 aromatic carbocycles. The maximum Gasteiger partial charge on any atom is 0.425 e. The molecule has 0 bridgehead atoms. The van der Waals surface area contributed by atoms with Gasteiger partial charge in [0.15, 0.2) is 11.4 Å². The second-order valence-electron chi connectivity index (χ2n) is 9.61. The monoisotopic (exact) mass is 526 g/mol. The molecule has 0 N–H and O–H groups in total. The number of imide groups is 1. The molecule has 188 valence electrons. The second kappa shape index (κ2) is 9.91. The van der Waals surface area contributed by atoms with Gasteiger partial charge in [0, 0.05) is 16.7 Å². The highest BCUT2D eigenvalue weighted by molar-refractivity contribution is 6.32. The van der Waals surface area contributed by atoms with Crippen molar-refractivity contribution in [3.8, 4) is 5.75 Å². The highest BCUT2D eigenvalue weighted by Gasteiger charge is 2.36. The van der Waals surface area contributed by atoms with Gasteiger partial charge in [-0.1, -0.05) is 28.4 Å². The lowest BCUT2D eigenvalue weighted by Crippen LogP contribution is -2.44. The van der Waals surface area contributed by atoms with Crippen molar-refractivity contribution in [3.05, 3.63) is 51.8 Å². The topological polar surface area (TPSA) is 91.1 Å². The molecule has 3 rings (SSSR count). The molecule has 0 saturated heterocycles. The molecular formula is C24H25Cl2FN2O6. The summed E-state index contributed by atoms with van der Waals surface area (Å²) in [4.78, 5) is 26.5. The predicted molar refractivity (Wildman–Crippen MR) is 130 cm³/mol. The summed E-state index contributed by atoms with van der Waals surface area (Å²) in [7, 11) is 0. The lowest BCUT2D eigenvalue weighted by molar-refractivity contribution is 0.0428. The number of aromatic nitrogens is 1. The highest BCUT2D eigenvalue weighted by atomic mass is 35.5. The number of rotatable bonds is 4. The molecule has 0 atom stereocenters. The highest BCUT2D eigenvalue weighted by Crippen LogP contribution is 2.33. The van der Waals surface area contributed by atoms with Gasteiger partial charge in [-0.2, -0.15) is 4.90 Å². The summed E-state index contributed by atoms with van der Waals surface area (Å²) in [6.45, 7) is 9.95. The van der Waals surface area contributed by atoms with Crippen molar-refractivity contribution in [1.29, 1.82) is 0 Å². The third kappa shape index (κ3) is 6.76. The van der Waals surface area contributed by atoms with Crippen molar-refractivity contribution in [2.24, 2.45) is 0 Å². The molecule has 1 heterocycles. The number of halogens is 3. The van der Waals surface area contributed by atoms with E-state index in [0.29, 0.717) is 10.5 Å². The van der Waals surface area contributed by atoms with E-state index in [1.807, 2.05) is 0 Å². The van der Waals surface area contributed by atoms with Crippen LogP contribution in [0.25, 0.3) is 11.0 Å². The van der Waals surface area contributed by atoms with Gasteiger partial charge in [-0.05, 0) is 65.8 Å². The van der Waals surface area contributed by atoms with Gasteiger partial charge >= 0.3 is 12.2 Å². The second-order valence-corrected chi connectivity index (χ2v) is 10.4. The fourth-order valence-electron chi connectivity index (χ4n) is 2.85. The van der Waals surface area contributed by atoms with E-state index in [1.165, 1.54) is 18.2 Å². The number of hydrogen-bond acceptors (Lipinski definition) is 7. The Balaban J connectivity index is 1.95. The van der Waals surface area contributed by atoms with Crippen LogP contribution >= 0.6 is 23.2 Å². The molecule has 0 aliphatic heterocycles. The van der Waals surface area contributed by atoms with E-state index in [9.17, 15) is 14.0 Å². The summed E-state index contributed by atoms with van der Waals surface area (Å²) < 4.78 is 35.4. The van der Waals surface area contributed by atoms with Crippen molar-refractivity contribution in [2.75, 3.05) is 4.90 Å². The van der Waals surface area contributed by atoms with Crippen LogP contribution in [0.4, 0.5) is 19.8 Å². The Kier molecular flexibility index (Phi) is 7.52. The van der Waals surface area contributed by atoms with Gasteiger partial charge in [0.25, 0.3) is 0 Å². The molecule has 0 spiro atoms. The van der Waals surface area contributed by atoms with Gasteiger partial charge in [-0.15, -0.1) is 0 Å². The minimum atomic E-state index is -0.991. The first-order valence-corrected chi connectivity index (χ1v) is 11.3. The molecule has 0 saturated carbocycles. The Hall–Kier alpha value is -3.04. The Morgan fingerprint density at radius 2 is 1.57 bits per heavy atom. The molecule has 3 aromatic rings. The van der Waals surface area contributed by atoms with Crippen molar-refractivity contribution in [2.45, 2.75) is 59.4 Å². The zero-order chi connectivity index (χ0) is 26.1. The van der Waals surface area contributed by atoms with Crippen molar-refractivity contribution < 1.29 is 32.7 Å². The molecule has 1 aromatic heterocycles. The average Bonchev–Trinajstić information content (AvgIpc) is 3.08. The Bertz CT molecular complexity index is 1240. The summed E-state index contributed by atoms with van der Waals surface area (Å²) in [6.07, 6.45) is -1.98. The molecule has 0 aliphatic rings. The van der Waals surface area contributed by atoms with Crippen molar-refractivity contribution >= 4 is 52.2 Å². The van der Waals surface area contributed by atoms with Crippen LogP contribution in [0.2, 0.25) is 10.0 Å². The normalized spacial score (nSPS) is 11.9. The fourth-order valence-corrected chi connectivity index (χ4v) is 3.19. The molecule has 35 heavy (non-hydrogen) atoms. The standard InChI is InChI=1S/C24H25Cl2FN2O6/c1-23(2,3)33-21(30)29(22(31)34-24(4,5)6)20-15-11-17(26)13(9-19(15)35-28-20)12-32-14-7-8-16(25)18(27)10-14/h7-11H,12H2,1-6H3. The third-order valence-corrected chi connectivity index (χ3v) is 4.93. The van der Waals surface area contributed by atoms with E-state index in [4.69, 9.17) is 41.9 Å². The van der Waals surface area contributed by atoms with Crippen LogP contribution in [-0.4, -0.2) is 28.5 Å². The van der Waals surface area contributed by atoms with E-state index in [-0.39, 0.29) is 39.2 Å². The van der Waals surface area contributed by atoms with Gasteiger partial charge in [-0.25, -0.2) is 14.0 Å². The molecule has 0 fully saturated rings. The van der Waals surface area contributed by atoms with Gasteiger partial charge in [0.2, 0.25) is 0 Å². The minimum Gasteiger partial charge on any atom is -0.489 e. The van der Waals surface area contributed by atoms with Gasteiger partial charge in [-0.3, -0.25) is 0 Å². The Morgan fingerprint density at radius 3 is 2.11 bits per heavy atom. The van der Waals surface area contributed by atoms with E-state index >= 15 is 0 Å². The zero-order valence-corrected chi connectivity index (χ0v) is 21.6. The number of carbonyl (C=O) groups is 2. The third-order valence-electron chi connectivity index (χ3n) is 4.27. The number of benzene rings is 2. The van der Waals surface area contributed by atoms with Crippen LogP contribution < -0.4 is 9.64 Å². The summed E-state index contributed by atoms with van der Waals surface area (Å²) in [5, 5.41) is 4.39. The zero-order valence-electron chi connectivity index (χ0n) is 20.1. The lowest BCUT2D eigenvalue weighted by Gasteiger charge is -2.27. The van der Waals surface area contributed by atoms with Crippen LogP contribution in [-0.2, 0) is 16.1 Å². The van der Waals surface area contributed by atoms with Crippen molar-refractivity contribution in [3.63, 3.8) is 0 Å². The summed E-state index contributed by atoms with van der Waals surface area (Å²) >= 11 is 12.1. The van der Waals surface area contributed by atoms with Gasteiger partial charge in [0.05, 0.1) is 10.4 Å². The number of hydrogen-bond donors (Lipinski definition) is 0. The predicted octanol–water partition coefficient (Wildman–Crippen LogP) is 7.53. The fraction of sp³-hybridized carbons (Fsp3) is 0.375. The van der Waals surface area contributed by atoms with E-state index in [0.717, 1.165) is 6.07 Å². The van der Waals surface area contributed by atoms with Crippen molar-refractivity contribution in [1.82, 2.24) is 5.16 Å². The number of anilines is 1. The first-order chi connectivity index (χ1) is 16.1. The van der Waals surface area contributed by atoms with E-state index < -0.39 is 29.2 Å². The molecule has 8 nitrogen and oxygen atoms in total. The smallest absolute Gasteiger partial charge is 0.425 e. The SMILES string of the molecule is CC(C)(C)OC(=O)N(C(=O)OC(C)(C)C)c1noc2cc(COc3ccc(Cl)c(F)c3)c(Cl)cc12. The first kappa shape index (κ1) is 26.6. The average molecular weight is 527 g/mol. The van der Waals surface area contributed by atoms with Gasteiger partial charge < -0.3 is 18.7 Å². The summed E-state index contributed by atoms with van der Waals surface area (Å²) in [6, 6.07) is 7.07. The molecule has 0 unspecified atom stereocenters. The Morgan fingerprint density at radius 1 is 0.971 bits per heavy atom. The number of ether oxygens (including phenoxy) is 3. The lowest BCUT2D eigenvalue weighted by atomic mass is 10.1. The largest absolute Gasteiger partial charge is 0.489 e. The molecule has 0 aliphatic carbocycles. The maximum atomic E-state index is 13.7. The van der Waals surface area contributed by atoms with Crippen LogP contribution in [0.15, 0.2) is 34.9 Å². The molecule has 0 radical (unpaired) electrons. The number of carbonyl (C=O) groups excluding carboxylic acids is 2. The van der Waals surface area contributed by atoms with E-state index in [2.05, 4.69) is 5.16 Å². The van der Waals surface area contributed by atoms with Crippen LogP contribution in [0.3, 0.4) is 0 Å². The first-order valence-electron chi connectivity index (χ1n) is 10.6. The molecular weight excluding hydrogens is 502 g/mol.